The number of amides is 1. The second-order valence-electron chi connectivity index (χ2n) is 10.1. The molecule has 0 atom stereocenters. The van der Waals surface area contributed by atoms with E-state index in [9.17, 15) is 4.79 Å². The van der Waals surface area contributed by atoms with Crippen LogP contribution in [0.1, 0.15) is 42.3 Å². The Balaban J connectivity index is 1.41. The van der Waals surface area contributed by atoms with Crippen molar-refractivity contribution in [3.8, 4) is 11.3 Å². The molecule has 6 nitrogen and oxygen atoms in total. The summed E-state index contributed by atoms with van der Waals surface area (Å²) in [5, 5.41) is 9.75. The first kappa shape index (κ1) is 25.1. The molecule has 0 saturated heterocycles. The Morgan fingerprint density at radius 2 is 1.67 bits per heavy atom. The van der Waals surface area contributed by atoms with Gasteiger partial charge < -0.3 is 16.0 Å². The third-order valence-corrected chi connectivity index (χ3v) is 5.67. The van der Waals surface area contributed by atoms with E-state index < -0.39 is 0 Å². The molecule has 1 heterocycles. The topological polar surface area (TPSA) is 78.9 Å². The number of aryl methyl sites for hydroxylation is 1. The maximum Gasteiger partial charge on any atom is 0.255 e. The lowest BCUT2D eigenvalue weighted by Crippen LogP contribution is -2.26. The van der Waals surface area contributed by atoms with Crippen molar-refractivity contribution in [3.05, 3.63) is 102 Å². The van der Waals surface area contributed by atoms with Crippen molar-refractivity contribution in [2.45, 2.75) is 34.2 Å². The van der Waals surface area contributed by atoms with Crippen LogP contribution in [0.5, 0.6) is 0 Å². The molecule has 0 saturated carbocycles. The molecule has 0 aliphatic carbocycles. The van der Waals surface area contributed by atoms with Gasteiger partial charge in [-0.1, -0.05) is 69.3 Å². The van der Waals surface area contributed by atoms with Crippen LogP contribution in [0.3, 0.4) is 0 Å². The Hall–Kier alpha value is -4.03. The highest BCUT2D eigenvalue weighted by atomic mass is 16.1. The van der Waals surface area contributed by atoms with Crippen LogP contribution >= 0.6 is 0 Å². The Morgan fingerprint density at radius 3 is 2.39 bits per heavy atom. The number of rotatable bonds is 8. The predicted molar refractivity (Wildman–Crippen MR) is 147 cm³/mol. The highest BCUT2D eigenvalue weighted by molar-refractivity contribution is 6.04. The van der Waals surface area contributed by atoms with Crippen LogP contribution in [0.25, 0.3) is 11.3 Å². The molecule has 3 N–H and O–H groups in total. The fourth-order valence-electron chi connectivity index (χ4n) is 3.70. The van der Waals surface area contributed by atoms with Crippen molar-refractivity contribution in [2.75, 3.05) is 17.2 Å². The molecule has 0 radical (unpaired) electrons. The fourth-order valence-corrected chi connectivity index (χ4v) is 3.70. The molecule has 0 aliphatic heterocycles. The number of hydrogen-bond donors (Lipinski definition) is 3. The zero-order chi connectivity index (χ0) is 25.5. The molecule has 36 heavy (non-hydrogen) atoms. The van der Waals surface area contributed by atoms with E-state index in [1.807, 2.05) is 85.8 Å². The van der Waals surface area contributed by atoms with Gasteiger partial charge in [0.2, 0.25) is 5.95 Å². The second-order valence-corrected chi connectivity index (χ2v) is 10.1. The lowest BCUT2D eigenvalue weighted by molar-refractivity contribution is 0.102. The highest BCUT2D eigenvalue weighted by Gasteiger charge is 2.11. The van der Waals surface area contributed by atoms with Crippen LogP contribution in [0.2, 0.25) is 0 Å². The Kier molecular flexibility index (Phi) is 7.76. The molecule has 0 aliphatic rings. The molecule has 1 amide bonds. The Bertz CT molecular complexity index is 1310. The number of nitrogens with one attached hydrogen (secondary N) is 3. The SMILES string of the molecule is Cc1ccc(NC(=O)c2ccc(CNCC(C)(C)C)cc2)cc1Nc1nccc(-c2ccccc2)n1. The standard InChI is InChI=1S/C30H33N5O/c1-21-10-15-25(33-28(36)24-13-11-22(12-14-24)19-31-20-30(2,3)4)18-27(21)35-29-32-17-16-26(34-29)23-8-6-5-7-9-23/h5-18,31H,19-20H2,1-4H3,(H,33,36)(H,32,34,35). The summed E-state index contributed by atoms with van der Waals surface area (Å²) in [7, 11) is 0. The molecular weight excluding hydrogens is 446 g/mol. The normalized spacial score (nSPS) is 11.2. The van der Waals surface area contributed by atoms with E-state index in [0.717, 1.165) is 41.2 Å². The number of hydrogen-bond acceptors (Lipinski definition) is 5. The summed E-state index contributed by atoms with van der Waals surface area (Å²) in [5.41, 5.74) is 6.41. The average molecular weight is 480 g/mol. The van der Waals surface area contributed by atoms with Crippen molar-refractivity contribution < 1.29 is 4.79 Å². The van der Waals surface area contributed by atoms with Gasteiger partial charge in [0.05, 0.1) is 5.69 Å². The largest absolute Gasteiger partial charge is 0.324 e. The van der Waals surface area contributed by atoms with Crippen molar-refractivity contribution >= 4 is 23.2 Å². The van der Waals surface area contributed by atoms with E-state index in [4.69, 9.17) is 0 Å². The van der Waals surface area contributed by atoms with Gasteiger partial charge in [-0.3, -0.25) is 4.79 Å². The predicted octanol–water partition coefficient (Wildman–Crippen LogP) is 6.58. The van der Waals surface area contributed by atoms with Gasteiger partial charge in [-0.05, 0) is 53.8 Å². The van der Waals surface area contributed by atoms with Gasteiger partial charge in [0.1, 0.15) is 0 Å². The first-order valence-corrected chi connectivity index (χ1v) is 12.1. The average Bonchev–Trinajstić information content (AvgIpc) is 2.86. The third-order valence-electron chi connectivity index (χ3n) is 5.67. The maximum atomic E-state index is 12.9. The highest BCUT2D eigenvalue weighted by Crippen LogP contribution is 2.25. The number of carbonyl (C=O) groups is 1. The van der Waals surface area contributed by atoms with E-state index in [1.165, 1.54) is 0 Å². The monoisotopic (exact) mass is 479 g/mol. The van der Waals surface area contributed by atoms with Crippen LogP contribution < -0.4 is 16.0 Å². The van der Waals surface area contributed by atoms with E-state index in [-0.39, 0.29) is 11.3 Å². The minimum Gasteiger partial charge on any atom is -0.324 e. The summed E-state index contributed by atoms with van der Waals surface area (Å²) in [5.74, 6) is 0.347. The lowest BCUT2D eigenvalue weighted by atomic mass is 9.97. The quantitative estimate of drug-likeness (QED) is 0.266. The van der Waals surface area contributed by atoms with Gasteiger partial charge in [0.25, 0.3) is 5.91 Å². The van der Waals surface area contributed by atoms with Crippen molar-refractivity contribution in [1.29, 1.82) is 0 Å². The zero-order valence-corrected chi connectivity index (χ0v) is 21.3. The number of carbonyl (C=O) groups excluding carboxylic acids is 1. The second kappa shape index (κ2) is 11.1. The number of nitrogens with zero attached hydrogens (tertiary/aromatic N) is 2. The molecule has 6 heteroatoms. The number of benzene rings is 3. The maximum absolute atomic E-state index is 12.9. The van der Waals surface area contributed by atoms with E-state index in [1.54, 1.807) is 6.20 Å². The van der Waals surface area contributed by atoms with E-state index in [2.05, 4.69) is 46.7 Å². The van der Waals surface area contributed by atoms with Crippen molar-refractivity contribution in [1.82, 2.24) is 15.3 Å². The van der Waals surface area contributed by atoms with Gasteiger partial charge in [-0.15, -0.1) is 0 Å². The molecule has 184 valence electrons. The molecule has 4 rings (SSSR count). The first-order valence-electron chi connectivity index (χ1n) is 12.1. The Labute approximate surface area is 213 Å². The summed E-state index contributed by atoms with van der Waals surface area (Å²) < 4.78 is 0. The molecular formula is C30H33N5O. The van der Waals surface area contributed by atoms with Crippen LogP contribution in [0.15, 0.2) is 85.1 Å². The molecule has 4 aromatic rings. The Morgan fingerprint density at radius 1 is 0.917 bits per heavy atom. The zero-order valence-electron chi connectivity index (χ0n) is 21.3. The summed E-state index contributed by atoms with van der Waals surface area (Å²) >= 11 is 0. The van der Waals surface area contributed by atoms with Crippen LogP contribution in [0.4, 0.5) is 17.3 Å². The summed E-state index contributed by atoms with van der Waals surface area (Å²) in [6.45, 7) is 10.3. The lowest BCUT2D eigenvalue weighted by Gasteiger charge is -2.18. The fraction of sp³-hybridized carbons (Fsp3) is 0.233. The number of aromatic nitrogens is 2. The molecule has 1 aromatic heterocycles. The molecule has 0 unspecified atom stereocenters. The summed E-state index contributed by atoms with van der Waals surface area (Å²) in [6.07, 6.45) is 1.74. The van der Waals surface area contributed by atoms with Gasteiger partial charge >= 0.3 is 0 Å². The molecule has 3 aromatic carbocycles. The van der Waals surface area contributed by atoms with Crippen LogP contribution in [0, 0.1) is 12.3 Å². The summed E-state index contributed by atoms with van der Waals surface area (Å²) in [4.78, 5) is 21.9. The van der Waals surface area contributed by atoms with Gasteiger partial charge in [0, 0.05) is 41.8 Å². The van der Waals surface area contributed by atoms with Crippen molar-refractivity contribution in [2.24, 2.45) is 5.41 Å². The van der Waals surface area contributed by atoms with E-state index in [0.29, 0.717) is 17.2 Å². The van der Waals surface area contributed by atoms with Crippen LogP contribution in [-0.4, -0.2) is 22.4 Å². The summed E-state index contributed by atoms with van der Waals surface area (Å²) in [6, 6.07) is 25.3. The minimum atomic E-state index is -0.152. The van der Waals surface area contributed by atoms with Gasteiger partial charge in [-0.2, -0.15) is 0 Å². The molecule has 0 spiro atoms. The van der Waals surface area contributed by atoms with Crippen molar-refractivity contribution in [3.63, 3.8) is 0 Å². The van der Waals surface area contributed by atoms with Gasteiger partial charge in [-0.25, -0.2) is 9.97 Å². The molecule has 0 bridgehead atoms. The minimum absolute atomic E-state index is 0.152. The smallest absolute Gasteiger partial charge is 0.255 e. The van der Waals surface area contributed by atoms with Gasteiger partial charge in [0.15, 0.2) is 0 Å². The third kappa shape index (κ3) is 6.99. The first-order chi connectivity index (χ1) is 17.3. The van der Waals surface area contributed by atoms with Crippen LogP contribution in [-0.2, 0) is 6.54 Å². The number of anilines is 3. The molecule has 0 fully saturated rings. The van der Waals surface area contributed by atoms with E-state index >= 15 is 0 Å².